The van der Waals surface area contributed by atoms with Crippen molar-refractivity contribution in [3.05, 3.63) is 46.8 Å². The normalized spacial score (nSPS) is 24.9. The van der Waals surface area contributed by atoms with Crippen molar-refractivity contribution in [1.82, 2.24) is 4.90 Å². The number of ketones is 1. The Kier molecular flexibility index (Phi) is 6.02. The number of hydrogen-bond acceptors (Lipinski definition) is 2. The first-order valence-electron chi connectivity index (χ1n) is 9.56. The SMILES string of the molecule is CCC/C=C1\CC(N2CCC(Cc3c(F)cc(F)cc3F)C2=O)CCC1=O. The molecule has 1 saturated heterocycles. The zero-order valence-electron chi connectivity index (χ0n) is 15.4. The molecule has 1 aromatic carbocycles. The quantitative estimate of drug-likeness (QED) is 0.714. The Bertz CT molecular complexity index is 752. The van der Waals surface area contributed by atoms with Gasteiger partial charge in [0.15, 0.2) is 5.78 Å². The topological polar surface area (TPSA) is 37.4 Å². The molecule has 0 N–H and O–H groups in total. The number of allylic oxidation sites excluding steroid dienone is 1. The molecule has 1 aliphatic heterocycles. The zero-order valence-corrected chi connectivity index (χ0v) is 15.4. The highest BCUT2D eigenvalue weighted by Gasteiger charge is 2.38. The number of carbonyl (C=O) groups is 2. The molecular formula is C21H24F3NO2. The van der Waals surface area contributed by atoms with Crippen LogP contribution in [-0.2, 0) is 16.0 Å². The van der Waals surface area contributed by atoms with Gasteiger partial charge in [-0.2, -0.15) is 0 Å². The summed E-state index contributed by atoms with van der Waals surface area (Å²) >= 11 is 0. The zero-order chi connectivity index (χ0) is 19.6. The van der Waals surface area contributed by atoms with Crippen LogP contribution >= 0.6 is 0 Å². The molecule has 2 unspecified atom stereocenters. The number of carbonyl (C=O) groups excluding carboxylic acids is 2. The molecule has 146 valence electrons. The van der Waals surface area contributed by atoms with E-state index < -0.39 is 23.4 Å². The lowest BCUT2D eigenvalue weighted by atomic mass is 9.87. The monoisotopic (exact) mass is 379 g/mol. The molecule has 0 aromatic heterocycles. The molecule has 0 spiro atoms. The van der Waals surface area contributed by atoms with Gasteiger partial charge < -0.3 is 4.90 Å². The van der Waals surface area contributed by atoms with Gasteiger partial charge in [0.1, 0.15) is 17.5 Å². The van der Waals surface area contributed by atoms with Crippen LogP contribution in [0, 0.1) is 23.4 Å². The lowest BCUT2D eigenvalue weighted by Crippen LogP contribution is -2.41. The average Bonchev–Trinajstić information content (AvgIpc) is 2.98. The molecule has 0 bridgehead atoms. The molecule has 1 aromatic rings. The third kappa shape index (κ3) is 4.25. The Morgan fingerprint density at radius 1 is 1.15 bits per heavy atom. The highest BCUT2D eigenvalue weighted by molar-refractivity contribution is 5.96. The van der Waals surface area contributed by atoms with Gasteiger partial charge in [0.25, 0.3) is 0 Å². The van der Waals surface area contributed by atoms with Crippen molar-refractivity contribution in [1.29, 1.82) is 0 Å². The van der Waals surface area contributed by atoms with Gasteiger partial charge in [-0.3, -0.25) is 9.59 Å². The number of hydrogen-bond donors (Lipinski definition) is 0. The van der Waals surface area contributed by atoms with E-state index in [9.17, 15) is 22.8 Å². The summed E-state index contributed by atoms with van der Waals surface area (Å²) in [6, 6.07) is 1.26. The number of nitrogens with zero attached hydrogens (tertiary/aromatic N) is 1. The van der Waals surface area contributed by atoms with Crippen LogP contribution in [0.25, 0.3) is 0 Å². The Labute approximate surface area is 157 Å². The van der Waals surface area contributed by atoms with E-state index in [1.165, 1.54) is 0 Å². The van der Waals surface area contributed by atoms with Gasteiger partial charge in [0.2, 0.25) is 5.91 Å². The molecule has 1 saturated carbocycles. The highest BCUT2D eigenvalue weighted by atomic mass is 19.1. The van der Waals surface area contributed by atoms with Gasteiger partial charge in [0.05, 0.1) is 0 Å². The van der Waals surface area contributed by atoms with Gasteiger partial charge in [0, 0.05) is 42.6 Å². The Hall–Kier alpha value is -2.11. The second kappa shape index (κ2) is 8.28. The van der Waals surface area contributed by atoms with Crippen LogP contribution in [0.15, 0.2) is 23.8 Å². The van der Waals surface area contributed by atoms with Gasteiger partial charge in [-0.05, 0) is 37.7 Å². The molecule has 3 rings (SSSR count). The van der Waals surface area contributed by atoms with Crippen LogP contribution in [-0.4, -0.2) is 29.2 Å². The molecular weight excluding hydrogens is 355 g/mol. The summed E-state index contributed by atoms with van der Waals surface area (Å²) in [4.78, 5) is 26.6. The predicted molar refractivity (Wildman–Crippen MR) is 95.5 cm³/mol. The van der Waals surface area contributed by atoms with Gasteiger partial charge in [-0.25, -0.2) is 13.2 Å². The minimum Gasteiger partial charge on any atom is -0.339 e. The summed E-state index contributed by atoms with van der Waals surface area (Å²) in [6.07, 6.45) is 5.81. The molecule has 2 atom stereocenters. The fourth-order valence-electron chi connectivity index (χ4n) is 4.04. The molecule has 2 aliphatic rings. The van der Waals surface area contributed by atoms with Crippen LogP contribution in [0.2, 0.25) is 0 Å². The van der Waals surface area contributed by atoms with E-state index in [1.54, 1.807) is 4.90 Å². The van der Waals surface area contributed by atoms with Crippen molar-refractivity contribution in [2.75, 3.05) is 6.54 Å². The van der Waals surface area contributed by atoms with E-state index in [0.29, 0.717) is 44.4 Å². The van der Waals surface area contributed by atoms with Crippen molar-refractivity contribution >= 4 is 11.7 Å². The first-order valence-corrected chi connectivity index (χ1v) is 9.56. The van der Waals surface area contributed by atoms with Gasteiger partial charge >= 0.3 is 0 Å². The largest absolute Gasteiger partial charge is 0.339 e. The van der Waals surface area contributed by atoms with Gasteiger partial charge in [-0.1, -0.05) is 19.4 Å². The Morgan fingerprint density at radius 3 is 2.52 bits per heavy atom. The van der Waals surface area contributed by atoms with E-state index in [1.807, 2.05) is 13.0 Å². The maximum atomic E-state index is 13.9. The Balaban J connectivity index is 1.69. The summed E-state index contributed by atoms with van der Waals surface area (Å²) in [5.41, 5.74) is 0.555. The molecule has 3 nitrogen and oxygen atoms in total. The number of halogens is 3. The van der Waals surface area contributed by atoms with Crippen molar-refractivity contribution < 1.29 is 22.8 Å². The summed E-state index contributed by atoms with van der Waals surface area (Å²) < 4.78 is 40.9. The van der Waals surface area contributed by atoms with Crippen LogP contribution in [0.1, 0.15) is 51.0 Å². The van der Waals surface area contributed by atoms with Crippen molar-refractivity contribution in [2.24, 2.45) is 5.92 Å². The van der Waals surface area contributed by atoms with Gasteiger partial charge in [-0.15, -0.1) is 0 Å². The third-order valence-electron chi connectivity index (χ3n) is 5.55. The summed E-state index contributed by atoms with van der Waals surface area (Å²) in [7, 11) is 0. The summed E-state index contributed by atoms with van der Waals surface area (Å²) in [5.74, 6) is -3.36. The van der Waals surface area contributed by atoms with E-state index in [0.717, 1.165) is 18.4 Å². The number of likely N-dealkylation sites (tertiary alicyclic amines) is 1. The van der Waals surface area contributed by atoms with Crippen LogP contribution in [0.3, 0.4) is 0 Å². The predicted octanol–water partition coefficient (Wildman–Crippen LogP) is 4.34. The summed E-state index contributed by atoms with van der Waals surface area (Å²) in [5, 5.41) is 0. The first kappa shape index (κ1) is 19.6. The average molecular weight is 379 g/mol. The maximum Gasteiger partial charge on any atom is 0.226 e. The Morgan fingerprint density at radius 2 is 1.85 bits per heavy atom. The fourth-order valence-corrected chi connectivity index (χ4v) is 4.04. The van der Waals surface area contributed by atoms with E-state index in [2.05, 4.69) is 0 Å². The third-order valence-corrected chi connectivity index (χ3v) is 5.55. The molecule has 6 heteroatoms. The summed E-state index contributed by atoms with van der Waals surface area (Å²) in [6.45, 7) is 2.57. The second-order valence-electron chi connectivity index (χ2n) is 7.41. The smallest absolute Gasteiger partial charge is 0.226 e. The van der Waals surface area contributed by atoms with Crippen LogP contribution in [0.5, 0.6) is 0 Å². The number of Topliss-reactive ketones (excluding diaryl/α,β-unsaturated/α-hetero) is 1. The lowest BCUT2D eigenvalue weighted by Gasteiger charge is -2.32. The maximum absolute atomic E-state index is 13.9. The van der Waals surface area contributed by atoms with Crippen LogP contribution in [0.4, 0.5) is 13.2 Å². The van der Waals surface area contributed by atoms with E-state index >= 15 is 0 Å². The van der Waals surface area contributed by atoms with Crippen molar-refractivity contribution in [3.8, 4) is 0 Å². The molecule has 1 amide bonds. The number of amides is 1. The van der Waals surface area contributed by atoms with E-state index in [4.69, 9.17) is 0 Å². The molecule has 1 aliphatic carbocycles. The molecule has 0 radical (unpaired) electrons. The molecule has 2 fully saturated rings. The minimum atomic E-state index is -0.966. The first-order chi connectivity index (χ1) is 12.9. The minimum absolute atomic E-state index is 0.0359. The number of unbranched alkanes of at least 4 members (excludes halogenated alkanes) is 1. The fraction of sp³-hybridized carbons (Fsp3) is 0.524. The number of rotatable bonds is 5. The lowest BCUT2D eigenvalue weighted by molar-refractivity contribution is -0.134. The molecule has 27 heavy (non-hydrogen) atoms. The highest BCUT2D eigenvalue weighted by Crippen LogP contribution is 2.32. The van der Waals surface area contributed by atoms with Crippen molar-refractivity contribution in [2.45, 2.75) is 57.9 Å². The second-order valence-corrected chi connectivity index (χ2v) is 7.41. The van der Waals surface area contributed by atoms with Crippen molar-refractivity contribution in [3.63, 3.8) is 0 Å². The van der Waals surface area contributed by atoms with Crippen LogP contribution < -0.4 is 0 Å². The molecule has 1 heterocycles. The number of benzene rings is 1. The van der Waals surface area contributed by atoms with E-state index in [-0.39, 0.29) is 29.7 Å². The standard InChI is InChI=1S/C21H24F3NO2/c1-2-3-4-13-9-16(5-6-20(13)26)25-8-7-14(21(25)27)10-17-18(23)11-15(22)12-19(17)24/h4,11-12,14,16H,2-3,5-10H2,1H3/b13-4+.